The summed E-state index contributed by atoms with van der Waals surface area (Å²) in [5.74, 6) is -1.34. The lowest BCUT2D eigenvalue weighted by Gasteiger charge is -2.19. The second-order valence-corrected chi connectivity index (χ2v) is 6.48. The summed E-state index contributed by atoms with van der Waals surface area (Å²) in [6.07, 6.45) is 13.8. The molecular weight excluding hydrogens is 290 g/mol. The van der Waals surface area contributed by atoms with E-state index in [4.69, 9.17) is 5.53 Å². The third-order valence-corrected chi connectivity index (χ3v) is 4.45. The van der Waals surface area contributed by atoms with Crippen LogP contribution in [0.1, 0.15) is 97.3 Å². The molecule has 5 heteroatoms. The summed E-state index contributed by atoms with van der Waals surface area (Å²) in [5.41, 5.74) is 8.73. The highest BCUT2D eigenvalue weighted by atomic mass is 16.4. The van der Waals surface area contributed by atoms with E-state index in [2.05, 4.69) is 23.9 Å². The fraction of sp³-hybridized carbons (Fsp3) is 0.944. The fourth-order valence-electron chi connectivity index (χ4n) is 2.99. The van der Waals surface area contributed by atoms with Crippen molar-refractivity contribution in [3.63, 3.8) is 0 Å². The zero-order valence-electron chi connectivity index (χ0n) is 15.0. The van der Waals surface area contributed by atoms with E-state index in [1.54, 1.807) is 0 Å². The third kappa shape index (κ3) is 11.9. The summed E-state index contributed by atoms with van der Waals surface area (Å²) in [6.45, 7) is 4.35. The van der Waals surface area contributed by atoms with E-state index in [1.165, 1.54) is 32.1 Å². The number of hydrogen-bond acceptors (Lipinski definition) is 2. The largest absolute Gasteiger partial charge is 0.481 e. The van der Waals surface area contributed by atoms with Gasteiger partial charge in [-0.2, -0.15) is 0 Å². The maximum atomic E-state index is 11.5. The van der Waals surface area contributed by atoms with Crippen LogP contribution in [0.3, 0.4) is 0 Å². The average Bonchev–Trinajstić information content (AvgIpc) is 2.53. The van der Waals surface area contributed by atoms with Crippen molar-refractivity contribution in [3.05, 3.63) is 10.4 Å². The highest BCUT2D eigenvalue weighted by Gasteiger charge is 2.26. The first kappa shape index (κ1) is 21.8. The molecule has 0 spiro atoms. The van der Waals surface area contributed by atoms with Crippen molar-refractivity contribution in [2.24, 2.45) is 11.0 Å². The number of aliphatic carboxylic acids is 1. The lowest BCUT2D eigenvalue weighted by Crippen LogP contribution is -2.26. The van der Waals surface area contributed by atoms with Crippen LogP contribution in [-0.4, -0.2) is 17.1 Å². The molecule has 0 heterocycles. The number of carboxylic acids is 1. The summed E-state index contributed by atoms with van der Waals surface area (Å²) in [5, 5.41) is 13.2. The Kier molecular flexibility index (Phi) is 14.8. The maximum absolute atomic E-state index is 11.5. The normalized spacial score (nSPS) is 13.3. The molecule has 0 aromatic heterocycles. The van der Waals surface area contributed by atoms with Crippen LogP contribution in [0.5, 0.6) is 0 Å². The SMILES string of the molecule is CCCCCCCCCC(C(=O)O)C(CCCCCC)N=[N+]=[N-]. The summed E-state index contributed by atoms with van der Waals surface area (Å²) < 4.78 is 0. The molecule has 0 saturated carbocycles. The Morgan fingerprint density at radius 3 is 1.91 bits per heavy atom. The van der Waals surface area contributed by atoms with Gasteiger partial charge >= 0.3 is 5.97 Å². The van der Waals surface area contributed by atoms with E-state index >= 15 is 0 Å². The van der Waals surface area contributed by atoms with Crippen LogP contribution >= 0.6 is 0 Å². The number of hydrogen-bond donors (Lipinski definition) is 1. The van der Waals surface area contributed by atoms with Crippen molar-refractivity contribution in [1.29, 1.82) is 0 Å². The van der Waals surface area contributed by atoms with E-state index in [1.807, 2.05) is 0 Å². The van der Waals surface area contributed by atoms with Gasteiger partial charge in [0.05, 0.1) is 12.0 Å². The summed E-state index contributed by atoms with van der Waals surface area (Å²) in [6, 6.07) is -0.394. The van der Waals surface area contributed by atoms with Gasteiger partial charge in [0.25, 0.3) is 0 Å². The molecule has 0 bridgehead atoms. The van der Waals surface area contributed by atoms with Crippen LogP contribution in [0.2, 0.25) is 0 Å². The predicted octanol–water partition coefficient (Wildman–Crippen LogP) is 6.48. The molecule has 2 unspecified atom stereocenters. The highest BCUT2D eigenvalue weighted by Crippen LogP contribution is 2.23. The zero-order valence-corrected chi connectivity index (χ0v) is 15.0. The Morgan fingerprint density at radius 1 is 0.913 bits per heavy atom. The number of carboxylic acid groups (broad SMARTS) is 1. The van der Waals surface area contributed by atoms with Gasteiger partial charge < -0.3 is 5.11 Å². The number of unbranched alkanes of at least 4 members (excludes halogenated alkanes) is 9. The molecule has 134 valence electrons. The Hall–Kier alpha value is -1.22. The minimum absolute atomic E-state index is 0.394. The van der Waals surface area contributed by atoms with Gasteiger partial charge in [-0.25, -0.2) is 0 Å². The van der Waals surface area contributed by atoms with Crippen LogP contribution in [0, 0.1) is 5.92 Å². The fourth-order valence-corrected chi connectivity index (χ4v) is 2.99. The van der Waals surface area contributed by atoms with Gasteiger partial charge in [0.2, 0.25) is 0 Å². The molecular formula is C18H35N3O2. The van der Waals surface area contributed by atoms with Gasteiger partial charge in [0, 0.05) is 4.91 Å². The molecule has 0 amide bonds. The first-order chi connectivity index (χ1) is 11.2. The van der Waals surface area contributed by atoms with Gasteiger partial charge in [0.1, 0.15) is 0 Å². The maximum Gasteiger partial charge on any atom is 0.306 e. The van der Waals surface area contributed by atoms with E-state index in [9.17, 15) is 9.90 Å². The van der Waals surface area contributed by atoms with Gasteiger partial charge in [0.15, 0.2) is 0 Å². The molecule has 0 radical (unpaired) electrons. The average molecular weight is 325 g/mol. The molecule has 23 heavy (non-hydrogen) atoms. The first-order valence-electron chi connectivity index (χ1n) is 9.44. The number of nitrogens with zero attached hydrogens (tertiary/aromatic N) is 3. The van der Waals surface area contributed by atoms with Crippen LogP contribution in [-0.2, 0) is 4.79 Å². The standard InChI is InChI=1S/C18H35N3O2/c1-3-5-7-9-10-11-12-14-16(18(22)23)17(20-21-19)15-13-8-6-4-2/h16-17H,3-15H2,1-2H3,(H,22,23). The molecule has 0 aromatic rings. The van der Waals surface area contributed by atoms with Crippen LogP contribution in [0.15, 0.2) is 5.11 Å². The third-order valence-electron chi connectivity index (χ3n) is 4.45. The zero-order chi connectivity index (χ0) is 17.3. The van der Waals surface area contributed by atoms with Crippen molar-refractivity contribution in [2.75, 3.05) is 0 Å². The molecule has 0 rings (SSSR count). The van der Waals surface area contributed by atoms with Crippen molar-refractivity contribution in [2.45, 2.75) is 103 Å². The second-order valence-electron chi connectivity index (χ2n) is 6.48. The Morgan fingerprint density at radius 2 is 1.39 bits per heavy atom. The summed E-state index contributed by atoms with van der Waals surface area (Å²) in [4.78, 5) is 14.4. The number of azide groups is 1. The summed E-state index contributed by atoms with van der Waals surface area (Å²) >= 11 is 0. The quantitative estimate of drug-likeness (QED) is 0.152. The first-order valence-corrected chi connectivity index (χ1v) is 9.44. The lowest BCUT2D eigenvalue weighted by molar-refractivity contribution is -0.142. The van der Waals surface area contributed by atoms with Crippen molar-refractivity contribution < 1.29 is 9.90 Å². The highest BCUT2D eigenvalue weighted by molar-refractivity contribution is 5.70. The molecule has 0 aliphatic heterocycles. The Balaban J connectivity index is 4.20. The van der Waals surface area contributed by atoms with Gasteiger partial charge in [-0.1, -0.05) is 89.6 Å². The predicted molar refractivity (Wildman–Crippen MR) is 95.4 cm³/mol. The monoisotopic (exact) mass is 325 g/mol. The van der Waals surface area contributed by atoms with Gasteiger partial charge in [-0.05, 0) is 18.4 Å². The molecule has 1 N–H and O–H groups in total. The van der Waals surface area contributed by atoms with E-state index < -0.39 is 17.9 Å². The minimum Gasteiger partial charge on any atom is -0.481 e. The van der Waals surface area contributed by atoms with Crippen LogP contribution in [0.25, 0.3) is 10.4 Å². The smallest absolute Gasteiger partial charge is 0.306 e. The molecule has 5 nitrogen and oxygen atoms in total. The molecule has 0 aromatic carbocycles. The molecule has 0 saturated heterocycles. The van der Waals surface area contributed by atoms with Crippen molar-refractivity contribution in [3.8, 4) is 0 Å². The Labute approximate surface area is 141 Å². The molecule has 0 fully saturated rings. The minimum atomic E-state index is -0.816. The number of carbonyl (C=O) groups is 1. The lowest BCUT2D eigenvalue weighted by atomic mass is 9.90. The van der Waals surface area contributed by atoms with Crippen LogP contribution in [0.4, 0.5) is 0 Å². The topological polar surface area (TPSA) is 86.1 Å². The van der Waals surface area contributed by atoms with Crippen molar-refractivity contribution in [1.82, 2.24) is 0 Å². The van der Waals surface area contributed by atoms with E-state index in [-0.39, 0.29) is 0 Å². The summed E-state index contributed by atoms with van der Waals surface area (Å²) in [7, 11) is 0. The molecule has 0 aliphatic carbocycles. The molecule has 2 atom stereocenters. The Bertz CT molecular complexity index is 341. The van der Waals surface area contributed by atoms with Crippen LogP contribution < -0.4 is 0 Å². The van der Waals surface area contributed by atoms with Gasteiger partial charge in [-0.15, -0.1) is 0 Å². The van der Waals surface area contributed by atoms with E-state index in [0.717, 1.165) is 38.5 Å². The van der Waals surface area contributed by atoms with Crippen molar-refractivity contribution >= 4 is 5.97 Å². The molecule has 0 aliphatic rings. The van der Waals surface area contributed by atoms with Gasteiger partial charge in [-0.3, -0.25) is 4.79 Å². The second kappa shape index (κ2) is 15.7. The van der Waals surface area contributed by atoms with E-state index in [0.29, 0.717) is 12.8 Å². The number of rotatable bonds is 16.